The van der Waals surface area contributed by atoms with Crippen molar-refractivity contribution in [3.63, 3.8) is 0 Å². The Morgan fingerprint density at radius 1 is 1.23 bits per heavy atom. The lowest BCUT2D eigenvalue weighted by atomic mass is 8.95. The van der Waals surface area contributed by atoms with E-state index in [1.807, 2.05) is 0 Å². The zero-order valence-corrected chi connectivity index (χ0v) is 7.78. The van der Waals surface area contributed by atoms with Gasteiger partial charge in [-0.1, -0.05) is 6.92 Å². The van der Waals surface area contributed by atoms with Crippen LogP contribution in [0, 0.1) is 40.9 Å². The minimum Gasteiger partial charge on any atom is -0.458 e. The van der Waals surface area contributed by atoms with Crippen LogP contribution in [-0.4, -0.2) is 11.6 Å². The van der Waals surface area contributed by atoms with E-state index in [4.69, 9.17) is 4.74 Å². The first kappa shape index (κ1) is 6.05. The van der Waals surface area contributed by atoms with Gasteiger partial charge in [-0.25, -0.2) is 0 Å². The highest BCUT2D eigenvalue weighted by atomic mass is 16.6. The lowest BCUT2D eigenvalue weighted by molar-refractivity contribution is -0.656. The molecule has 6 aliphatic rings. The summed E-state index contributed by atoms with van der Waals surface area (Å²) in [6, 6.07) is 0. The average molecular weight is 176 g/mol. The first-order valence-electron chi connectivity index (χ1n) is 5.34. The molecule has 13 heavy (non-hydrogen) atoms. The molecule has 0 N–H and O–H groups in total. The van der Waals surface area contributed by atoms with Crippen molar-refractivity contribution in [1.82, 2.24) is 0 Å². The molecule has 4 atom stereocenters. The Hall–Kier alpha value is -0.530. The van der Waals surface area contributed by atoms with E-state index < -0.39 is 0 Å². The van der Waals surface area contributed by atoms with Gasteiger partial charge in [0, 0.05) is 24.7 Å². The van der Waals surface area contributed by atoms with Gasteiger partial charge in [0.05, 0.1) is 0 Å². The van der Waals surface area contributed by atoms with Crippen molar-refractivity contribution >= 4 is 5.97 Å². The molecule has 68 valence electrons. The highest BCUT2D eigenvalue weighted by molar-refractivity contribution is 5.70. The molecular weight excluding hydrogens is 164 g/mol. The Kier molecular flexibility index (Phi) is 0.522. The molecule has 0 aromatic rings. The zero-order chi connectivity index (χ0) is 8.75. The highest BCUT2D eigenvalue weighted by Crippen LogP contribution is 3.07. The molecule has 0 aromatic heterocycles. The molecule has 0 amide bonds. The summed E-state index contributed by atoms with van der Waals surface area (Å²) in [4.78, 5) is 11.0. The molecule has 0 saturated heterocycles. The standard InChI is InChI=1S/C11H12O2/c1-3(12)13-11-7-4-6-5(7)9(11)10(6,2)8(4)11/h4-9H,1-2H3. The smallest absolute Gasteiger partial charge is 0.303 e. The van der Waals surface area contributed by atoms with Crippen LogP contribution < -0.4 is 0 Å². The van der Waals surface area contributed by atoms with E-state index in [2.05, 4.69) is 6.92 Å². The van der Waals surface area contributed by atoms with Gasteiger partial charge in [-0.2, -0.15) is 0 Å². The van der Waals surface area contributed by atoms with Crippen LogP contribution in [0.2, 0.25) is 0 Å². The number of carbonyl (C=O) groups excluding carboxylic acids is 1. The first-order chi connectivity index (χ1) is 6.15. The Labute approximate surface area is 76.6 Å². The summed E-state index contributed by atoms with van der Waals surface area (Å²) in [5.41, 5.74) is 0.740. The molecule has 0 aliphatic heterocycles. The van der Waals surface area contributed by atoms with Gasteiger partial charge in [-0.05, 0) is 23.2 Å². The predicted molar refractivity (Wildman–Crippen MR) is 43.5 cm³/mol. The fraction of sp³-hybridized carbons (Fsp3) is 0.909. The number of hydrogen-bond acceptors (Lipinski definition) is 2. The fourth-order valence-electron chi connectivity index (χ4n) is 6.57. The summed E-state index contributed by atoms with van der Waals surface area (Å²) in [7, 11) is 0. The second-order valence-electron chi connectivity index (χ2n) is 5.97. The van der Waals surface area contributed by atoms with E-state index in [-0.39, 0.29) is 11.6 Å². The van der Waals surface area contributed by atoms with Gasteiger partial charge in [0.1, 0.15) is 5.60 Å². The van der Waals surface area contributed by atoms with Crippen LogP contribution in [0.3, 0.4) is 0 Å². The topological polar surface area (TPSA) is 26.3 Å². The van der Waals surface area contributed by atoms with Crippen molar-refractivity contribution in [3.05, 3.63) is 0 Å². The number of rotatable bonds is 1. The molecule has 0 heterocycles. The molecule has 6 fully saturated rings. The maximum atomic E-state index is 11.0. The number of esters is 1. The highest BCUT2D eigenvalue weighted by Gasteiger charge is 3.10. The van der Waals surface area contributed by atoms with E-state index in [1.165, 1.54) is 0 Å². The average Bonchev–Trinajstić information content (AvgIpc) is 2.02. The van der Waals surface area contributed by atoms with E-state index in [9.17, 15) is 4.79 Å². The van der Waals surface area contributed by atoms with Gasteiger partial charge in [0.15, 0.2) is 0 Å². The van der Waals surface area contributed by atoms with Crippen LogP contribution in [0.1, 0.15) is 13.8 Å². The van der Waals surface area contributed by atoms with Crippen molar-refractivity contribution in [2.75, 3.05) is 0 Å². The number of ether oxygens (including phenoxy) is 1. The van der Waals surface area contributed by atoms with E-state index >= 15 is 0 Å². The Bertz CT molecular complexity index is 366. The quantitative estimate of drug-likeness (QED) is 0.558. The molecule has 0 radical (unpaired) electrons. The monoisotopic (exact) mass is 176 g/mol. The van der Waals surface area contributed by atoms with E-state index in [1.54, 1.807) is 6.92 Å². The van der Waals surface area contributed by atoms with Gasteiger partial charge in [0.25, 0.3) is 0 Å². The molecule has 4 unspecified atom stereocenters. The van der Waals surface area contributed by atoms with Crippen molar-refractivity contribution in [1.29, 1.82) is 0 Å². The summed E-state index contributed by atoms with van der Waals surface area (Å²) >= 11 is 0. The molecule has 6 aliphatic carbocycles. The van der Waals surface area contributed by atoms with Crippen LogP contribution >= 0.6 is 0 Å². The largest absolute Gasteiger partial charge is 0.458 e. The minimum atomic E-state index is -0.0562. The zero-order valence-electron chi connectivity index (χ0n) is 7.78. The van der Waals surface area contributed by atoms with Crippen molar-refractivity contribution < 1.29 is 9.53 Å². The molecule has 2 nitrogen and oxygen atoms in total. The van der Waals surface area contributed by atoms with E-state index in [0.29, 0.717) is 5.41 Å². The summed E-state index contributed by atoms with van der Waals surface area (Å²) in [6.07, 6.45) is 0. The third kappa shape index (κ3) is 0.247. The summed E-state index contributed by atoms with van der Waals surface area (Å²) < 4.78 is 5.58. The predicted octanol–water partition coefficient (Wildman–Crippen LogP) is 1.06. The van der Waals surface area contributed by atoms with Crippen molar-refractivity contribution in [2.24, 2.45) is 40.9 Å². The Morgan fingerprint density at radius 2 is 1.85 bits per heavy atom. The third-order valence-electron chi connectivity index (χ3n) is 6.30. The molecule has 6 saturated carbocycles. The van der Waals surface area contributed by atoms with E-state index in [0.717, 1.165) is 35.5 Å². The van der Waals surface area contributed by atoms with Crippen molar-refractivity contribution in [3.8, 4) is 0 Å². The lowest BCUT2D eigenvalue weighted by Crippen LogP contribution is -3.12. The van der Waals surface area contributed by atoms with Gasteiger partial charge >= 0.3 is 5.97 Å². The molecular formula is C11H12O2. The third-order valence-corrected chi connectivity index (χ3v) is 6.30. The van der Waals surface area contributed by atoms with Gasteiger partial charge in [0.2, 0.25) is 0 Å². The summed E-state index contributed by atoms with van der Waals surface area (Å²) in [6.45, 7) is 3.97. The second kappa shape index (κ2) is 1.12. The molecule has 2 heteroatoms. The second-order valence-corrected chi connectivity index (χ2v) is 5.97. The Morgan fingerprint density at radius 3 is 2.31 bits per heavy atom. The molecule has 0 aromatic carbocycles. The molecule has 0 bridgehead atoms. The lowest BCUT2D eigenvalue weighted by Gasteiger charge is -3.09. The SMILES string of the molecule is CC(=O)OC12C3C4C5C3C1C5(C)C42. The van der Waals surface area contributed by atoms with Crippen LogP contribution in [0.4, 0.5) is 0 Å². The van der Waals surface area contributed by atoms with Gasteiger partial charge in [-0.3, -0.25) is 4.79 Å². The summed E-state index contributed by atoms with van der Waals surface area (Å²) in [5, 5.41) is 0. The number of carbonyl (C=O) groups is 1. The summed E-state index contributed by atoms with van der Waals surface area (Å²) in [5.74, 6) is 5.36. The fourth-order valence-corrected chi connectivity index (χ4v) is 6.57. The van der Waals surface area contributed by atoms with Gasteiger partial charge < -0.3 is 4.74 Å². The first-order valence-corrected chi connectivity index (χ1v) is 5.34. The van der Waals surface area contributed by atoms with Gasteiger partial charge in [-0.15, -0.1) is 0 Å². The van der Waals surface area contributed by atoms with Crippen molar-refractivity contribution in [2.45, 2.75) is 19.4 Å². The normalized spacial score (nSPS) is 82.0. The molecule has 6 rings (SSSR count). The van der Waals surface area contributed by atoms with Crippen LogP contribution in [0.25, 0.3) is 0 Å². The van der Waals surface area contributed by atoms with Crippen LogP contribution in [0.15, 0.2) is 0 Å². The van der Waals surface area contributed by atoms with Crippen LogP contribution in [-0.2, 0) is 9.53 Å². The van der Waals surface area contributed by atoms with Crippen LogP contribution in [0.5, 0.6) is 0 Å². The Balaban J connectivity index is 1.61. The molecule has 0 spiro atoms. The maximum Gasteiger partial charge on any atom is 0.303 e. The number of hydrogen-bond donors (Lipinski definition) is 0. The maximum absolute atomic E-state index is 11.0. The minimum absolute atomic E-state index is 0.0562.